The number of rotatable bonds is 1. The Morgan fingerprint density at radius 1 is 1.31 bits per heavy atom. The molecule has 3 atom stereocenters. The number of anilines is 1. The number of fused-ring (bicyclic) bond motifs is 2. The molecular formula is C10H11N5S. The number of nitrogens with two attached hydrogens (primary N) is 1. The van der Waals surface area contributed by atoms with Gasteiger partial charge >= 0.3 is 0 Å². The van der Waals surface area contributed by atoms with Crippen molar-refractivity contribution in [1.29, 1.82) is 0 Å². The van der Waals surface area contributed by atoms with E-state index >= 15 is 0 Å². The van der Waals surface area contributed by atoms with E-state index in [1.807, 2.05) is 6.33 Å². The standard InChI is InChI=1S/C10H11N5S/c11-9-7-10(13-3-12-9)15(4-14-7)5-1-2-6-8(5)16-6/h3-6,8H,1-2H2,(H2,11,12,13)/t5-,6-,8+/m0/s1. The van der Waals surface area contributed by atoms with Crippen molar-refractivity contribution in [2.75, 3.05) is 5.73 Å². The van der Waals surface area contributed by atoms with Crippen LogP contribution in [0.3, 0.4) is 0 Å². The first-order valence-corrected chi connectivity index (χ1v) is 6.37. The molecule has 16 heavy (non-hydrogen) atoms. The minimum Gasteiger partial charge on any atom is -0.382 e. The first-order chi connectivity index (χ1) is 7.84. The SMILES string of the molecule is Nc1ncnc2c1ncn2[C@H]1CC[C@@H]2S[C@@H]21. The third-order valence-electron chi connectivity index (χ3n) is 3.49. The highest BCUT2D eigenvalue weighted by molar-refractivity contribution is 8.07. The Bertz CT molecular complexity index is 565. The van der Waals surface area contributed by atoms with E-state index < -0.39 is 0 Å². The fourth-order valence-electron chi connectivity index (χ4n) is 2.64. The van der Waals surface area contributed by atoms with Crippen LogP contribution in [0.15, 0.2) is 12.7 Å². The third kappa shape index (κ3) is 1.05. The Labute approximate surface area is 96.5 Å². The van der Waals surface area contributed by atoms with Crippen LogP contribution in [0.1, 0.15) is 18.9 Å². The Morgan fingerprint density at radius 2 is 2.25 bits per heavy atom. The monoisotopic (exact) mass is 233 g/mol. The summed E-state index contributed by atoms with van der Waals surface area (Å²) in [4.78, 5) is 12.6. The normalized spacial score (nSPS) is 31.9. The van der Waals surface area contributed by atoms with Gasteiger partial charge in [0.05, 0.1) is 6.33 Å². The highest BCUT2D eigenvalue weighted by atomic mass is 32.2. The lowest BCUT2D eigenvalue weighted by molar-refractivity contribution is 0.547. The van der Waals surface area contributed by atoms with Crippen LogP contribution in [-0.4, -0.2) is 30.0 Å². The largest absolute Gasteiger partial charge is 0.382 e. The number of hydrogen-bond donors (Lipinski definition) is 1. The Kier molecular flexibility index (Phi) is 1.59. The van der Waals surface area contributed by atoms with Gasteiger partial charge in [-0.15, -0.1) is 0 Å². The Balaban J connectivity index is 1.88. The van der Waals surface area contributed by atoms with Gasteiger partial charge in [0, 0.05) is 16.5 Å². The van der Waals surface area contributed by atoms with Gasteiger partial charge in [-0.2, -0.15) is 11.8 Å². The van der Waals surface area contributed by atoms with Gasteiger partial charge in [0.25, 0.3) is 0 Å². The van der Waals surface area contributed by atoms with Gasteiger partial charge in [-0.05, 0) is 12.8 Å². The number of imidazole rings is 1. The van der Waals surface area contributed by atoms with Crippen LogP contribution >= 0.6 is 11.8 Å². The molecule has 1 saturated carbocycles. The number of aromatic nitrogens is 4. The van der Waals surface area contributed by atoms with E-state index in [9.17, 15) is 0 Å². The van der Waals surface area contributed by atoms with Crippen LogP contribution in [-0.2, 0) is 0 Å². The van der Waals surface area contributed by atoms with Crippen molar-refractivity contribution in [3.8, 4) is 0 Å². The quantitative estimate of drug-likeness (QED) is 0.750. The fraction of sp³-hybridized carbons (Fsp3) is 0.500. The number of thioether (sulfide) groups is 1. The molecule has 0 aromatic carbocycles. The Hall–Kier alpha value is -1.30. The average Bonchev–Trinajstić information content (AvgIpc) is 2.75. The lowest BCUT2D eigenvalue weighted by atomic mass is 10.2. The first kappa shape index (κ1) is 8.81. The van der Waals surface area contributed by atoms with Crippen LogP contribution < -0.4 is 5.73 Å². The zero-order valence-electron chi connectivity index (χ0n) is 8.58. The summed E-state index contributed by atoms with van der Waals surface area (Å²) >= 11 is 2.07. The zero-order chi connectivity index (χ0) is 10.7. The molecule has 4 rings (SSSR count). The average molecular weight is 233 g/mol. The third-order valence-corrected chi connectivity index (χ3v) is 5.01. The predicted molar refractivity (Wildman–Crippen MR) is 63.2 cm³/mol. The van der Waals surface area contributed by atoms with Gasteiger partial charge in [-0.3, -0.25) is 0 Å². The molecule has 0 spiro atoms. The van der Waals surface area contributed by atoms with Crippen molar-refractivity contribution in [3.05, 3.63) is 12.7 Å². The van der Waals surface area contributed by atoms with Gasteiger partial charge in [0.15, 0.2) is 11.5 Å². The smallest absolute Gasteiger partial charge is 0.165 e. The number of hydrogen-bond acceptors (Lipinski definition) is 5. The van der Waals surface area contributed by atoms with Gasteiger partial charge in [0.2, 0.25) is 0 Å². The van der Waals surface area contributed by atoms with E-state index in [1.54, 1.807) is 0 Å². The summed E-state index contributed by atoms with van der Waals surface area (Å²) in [5.74, 6) is 0.474. The summed E-state index contributed by atoms with van der Waals surface area (Å²) in [6.07, 6.45) is 5.93. The van der Waals surface area contributed by atoms with Crippen molar-refractivity contribution in [2.45, 2.75) is 29.4 Å². The second-order valence-corrected chi connectivity index (χ2v) is 5.79. The molecule has 2 N–H and O–H groups in total. The Morgan fingerprint density at radius 3 is 3.00 bits per heavy atom. The van der Waals surface area contributed by atoms with Gasteiger partial charge < -0.3 is 10.3 Å². The molecule has 3 heterocycles. The summed E-state index contributed by atoms with van der Waals surface area (Å²) in [6.45, 7) is 0. The summed E-state index contributed by atoms with van der Waals surface area (Å²) < 4.78 is 2.18. The van der Waals surface area contributed by atoms with Crippen LogP contribution in [0.4, 0.5) is 5.82 Å². The molecule has 2 fully saturated rings. The minimum atomic E-state index is 0.474. The van der Waals surface area contributed by atoms with Crippen LogP contribution in [0.25, 0.3) is 11.2 Å². The molecule has 0 unspecified atom stereocenters. The lowest BCUT2D eigenvalue weighted by Crippen LogP contribution is -2.10. The van der Waals surface area contributed by atoms with E-state index in [1.165, 1.54) is 19.2 Å². The minimum absolute atomic E-state index is 0.474. The number of nitrogen functional groups attached to an aromatic ring is 1. The van der Waals surface area contributed by atoms with Crippen molar-refractivity contribution < 1.29 is 0 Å². The van der Waals surface area contributed by atoms with Crippen molar-refractivity contribution in [3.63, 3.8) is 0 Å². The maximum atomic E-state index is 5.78. The van der Waals surface area contributed by atoms with E-state index in [-0.39, 0.29) is 0 Å². The zero-order valence-corrected chi connectivity index (χ0v) is 9.39. The van der Waals surface area contributed by atoms with Gasteiger partial charge in [0.1, 0.15) is 11.8 Å². The van der Waals surface area contributed by atoms with E-state index in [0.29, 0.717) is 11.9 Å². The van der Waals surface area contributed by atoms with E-state index in [4.69, 9.17) is 5.73 Å². The fourth-order valence-corrected chi connectivity index (χ4v) is 3.99. The van der Waals surface area contributed by atoms with Crippen molar-refractivity contribution in [2.24, 2.45) is 0 Å². The van der Waals surface area contributed by atoms with Crippen molar-refractivity contribution >= 4 is 28.7 Å². The molecule has 1 aliphatic heterocycles. The summed E-state index contributed by atoms with van der Waals surface area (Å²) in [6, 6.07) is 0.550. The topological polar surface area (TPSA) is 69.6 Å². The van der Waals surface area contributed by atoms with Crippen molar-refractivity contribution in [1.82, 2.24) is 19.5 Å². The number of nitrogens with zero attached hydrogens (tertiary/aromatic N) is 4. The van der Waals surface area contributed by atoms with Crippen LogP contribution in [0, 0.1) is 0 Å². The maximum absolute atomic E-state index is 5.78. The lowest BCUT2D eigenvalue weighted by Gasteiger charge is -2.13. The molecule has 1 saturated heterocycles. The molecule has 2 aromatic heterocycles. The molecule has 0 amide bonds. The summed E-state index contributed by atoms with van der Waals surface area (Å²) in [7, 11) is 0. The highest BCUT2D eigenvalue weighted by Gasteiger charge is 2.50. The first-order valence-electron chi connectivity index (χ1n) is 5.43. The molecule has 0 bridgehead atoms. The van der Waals surface area contributed by atoms with Gasteiger partial charge in [-0.1, -0.05) is 0 Å². The highest BCUT2D eigenvalue weighted by Crippen LogP contribution is 2.58. The summed E-state index contributed by atoms with van der Waals surface area (Å²) in [5, 5.41) is 1.65. The molecule has 82 valence electrons. The molecule has 6 heteroatoms. The molecule has 1 aliphatic carbocycles. The molecule has 2 aliphatic rings. The van der Waals surface area contributed by atoms with E-state index in [2.05, 4.69) is 31.3 Å². The second-order valence-electron chi connectivity index (χ2n) is 4.37. The predicted octanol–water partition coefficient (Wildman–Crippen LogP) is 1.23. The summed E-state index contributed by atoms with van der Waals surface area (Å²) in [5.41, 5.74) is 7.39. The maximum Gasteiger partial charge on any atom is 0.165 e. The molecule has 5 nitrogen and oxygen atoms in total. The molecule has 0 radical (unpaired) electrons. The van der Waals surface area contributed by atoms with Crippen LogP contribution in [0.2, 0.25) is 0 Å². The second kappa shape index (κ2) is 2.88. The van der Waals surface area contributed by atoms with E-state index in [0.717, 1.165) is 21.7 Å². The molecule has 2 aromatic rings. The molecular weight excluding hydrogens is 222 g/mol. The van der Waals surface area contributed by atoms with Gasteiger partial charge in [-0.25, -0.2) is 15.0 Å². The van der Waals surface area contributed by atoms with Crippen LogP contribution in [0.5, 0.6) is 0 Å².